The Morgan fingerprint density at radius 2 is 1.54 bits per heavy atom. The van der Waals surface area contributed by atoms with E-state index in [1.807, 2.05) is 6.07 Å². The van der Waals surface area contributed by atoms with Crippen LogP contribution in [0.1, 0.15) is 16.7 Å². The van der Waals surface area contributed by atoms with Crippen molar-refractivity contribution in [2.75, 3.05) is 11.5 Å². The second-order valence-electron chi connectivity index (χ2n) is 6.92. The SMILES string of the molecule is C=CCc1c(O)ccc(CC(CSC(N)=S)(OC(CSC(N)=S)SC(N)=S)SC(N)=S)c1CC=C. The predicted octanol–water partition coefficient (Wildman–Crippen LogP) is 4.34. The molecule has 1 aromatic carbocycles. The Bertz CT molecular complexity index is 975. The van der Waals surface area contributed by atoms with Gasteiger partial charge in [-0.2, -0.15) is 0 Å². The van der Waals surface area contributed by atoms with Crippen molar-refractivity contribution >= 4 is 113 Å². The third-order valence-electron chi connectivity index (χ3n) is 4.34. The Balaban J connectivity index is 3.61. The quantitative estimate of drug-likeness (QED) is 0.114. The minimum atomic E-state index is -1.00. The van der Waals surface area contributed by atoms with E-state index in [1.165, 1.54) is 47.0 Å². The van der Waals surface area contributed by atoms with E-state index in [0.717, 1.165) is 16.7 Å². The van der Waals surface area contributed by atoms with Crippen molar-refractivity contribution in [3.63, 3.8) is 0 Å². The van der Waals surface area contributed by atoms with Crippen LogP contribution < -0.4 is 22.9 Å². The van der Waals surface area contributed by atoms with Crippen LogP contribution in [-0.4, -0.2) is 44.3 Å². The van der Waals surface area contributed by atoms with Crippen molar-refractivity contribution in [1.82, 2.24) is 0 Å². The normalized spacial score (nSPS) is 13.4. The molecule has 192 valence electrons. The zero-order valence-corrected chi connectivity index (χ0v) is 25.3. The van der Waals surface area contributed by atoms with E-state index in [4.69, 9.17) is 76.5 Å². The van der Waals surface area contributed by atoms with Crippen molar-refractivity contribution in [3.8, 4) is 5.75 Å². The van der Waals surface area contributed by atoms with Crippen LogP contribution in [-0.2, 0) is 24.0 Å². The van der Waals surface area contributed by atoms with E-state index in [-0.39, 0.29) is 23.0 Å². The summed E-state index contributed by atoms with van der Waals surface area (Å²) < 4.78 is 7.55. The molecular formula is C21H28N4O2S8. The van der Waals surface area contributed by atoms with Gasteiger partial charge in [0, 0.05) is 23.5 Å². The minimum Gasteiger partial charge on any atom is -0.508 e. The number of allylic oxidation sites excluding steroid dienone is 2. The molecule has 0 fully saturated rings. The highest BCUT2D eigenvalue weighted by atomic mass is 32.2. The molecule has 1 aromatic rings. The molecule has 1 rings (SSSR count). The van der Waals surface area contributed by atoms with Crippen LogP contribution in [0, 0.1) is 0 Å². The van der Waals surface area contributed by atoms with Crippen LogP contribution in [0.4, 0.5) is 0 Å². The van der Waals surface area contributed by atoms with Gasteiger partial charge in [0.2, 0.25) is 0 Å². The molecule has 2 unspecified atom stereocenters. The summed E-state index contributed by atoms with van der Waals surface area (Å²) in [6.45, 7) is 7.69. The number of benzene rings is 1. The van der Waals surface area contributed by atoms with Crippen molar-refractivity contribution < 1.29 is 9.84 Å². The third kappa shape index (κ3) is 12.0. The van der Waals surface area contributed by atoms with Gasteiger partial charge in [-0.05, 0) is 30.0 Å². The first kappa shape index (κ1) is 32.4. The number of ether oxygens (including phenoxy) is 1. The Morgan fingerprint density at radius 3 is 2.06 bits per heavy atom. The molecule has 6 nitrogen and oxygen atoms in total. The zero-order chi connectivity index (χ0) is 26.6. The first-order valence-electron chi connectivity index (χ1n) is 9.94. The predicted molar refractivity (Wildman–Crippen MR) is 174 cm³/mol. The molecule has 0 bridgehead atoms. The van der Waals surface area contributed by atoms with Crippen molar-refractivity contribution in [2.45, 2.75) is 29.6 Å². The van der Waals surface area contributed by atoms with Crippen molar-refractivity contribution in [2.24, 2.45) is 22.9 Å². The Kier molecular flexibility index (Phi) is 15.1. The van der Waals surface area contributed by atoms with Gasteiger partial charge in [-0.1, -0.05) is 114 Å². The van der Waals surface area contributed by atoms with Gasteiger partial charge in [-0.25, -0.2) is 0 Å². The first-order chi connectivity index (χ1) is 16.4. The molecule has 0 aliphatic rings. The molecule has 0 aliphatic carbocycles. The number of thioether (sulfide) groups is 4. The molecule has 35 heavy (non-hydrogen) atoms. The summed E-state index contributed by atoms with van der Waals surface area (Å²) in [5.41, 5.74) is 25.4. The number of nitrogens with two attached hydrogens (primary N) is 4. The zero-order valence-electron chi connectivity index (χ0n) is 18.8. The highest BCUT2D eigenvalue weighted by Crippen LogP contribution is 2.40. The molecule has 0 heterocycles. The topological polar surface area (TPSA) is 134 Å². The number of hydrogen-bond acceptors (Lipinski definition) is 10. The van der Waals surface area contributed by atoms with Gasteiger partial charge in [0.1, 0.15) is 33.4 Å². The summed E-state index contributed by atoms with van der Waals surface area (Å²) in [6, 6.07) is 3.51. The molecule has 2 atom stereocenters. The van der Waals surface area contributed by atoms with Crippen LogP contribution in [0.3, 0.4) is 0 Å². The maximum absolute atomic E-state index is 10.5. The lowest BCUT2D eigenvalue weighted by atomic mass is 9.92. The Labute approximate surface area is 245 Å². The van der Waals surface area contributed by atoms with Crippen LogP contribution in [0.15, 0.2) is 37.4 Å². The maximum Gasteiger partial charge on any atom is 0.135 e. The Hall–Kier alpha value is -0.580. The number of aromatic hydroxyl groups is 1. The van der Waals surface area contributed by atoms with E-state index in [9.17, 15) is 5.11 Å². The number of thiocarbonyl (C=S) groups is 4. The lowest BCUT2D eigenvalue weighted by molar-refractivity contribution is 0.0370. The van der Waals surface area contributed by atoms with Crippen LogP contribution in [0.2, 0.25) is 0 Å². The largest absolute Gasteiger partial charge is 0.508 e. The average molecular weight is 625 g/mol. The smallest absolute Gasteiger partial charge is 0.135 e. The standard InChI is InChI=1S/C21H28N4O2S8/c1-3-5-13-12(7-8-15(26)14(13)6-4-2)9-21(35-20(25)31,11-33-18(23)29)27-16(34-19(24)30)10-32-17(22)28/h3-4,7-8,16,26H,1-2,5-6,9-11H2,(H2,22,28)(H2,23,29)(H2,24,30)(H2,25,31). The summed E-state index contributed by atoms with van der Waals surface area (Å²) in [4.78, 5) is -1.00. The fraction of sp³-hybridized carbons (Fsp3) is 0.333. The molecule has 14 heteroatoms. The molecule has 0 saturated carbocycles. The van der Waals surface area contributed by atoms with Gasteiger partial charge in [0.15, 0.2) is 0 Å². The van der Waals surface area contributed by atoms with E-state index in [1.54, 1.807) is 18.2 Å². The second kappa shape index (κ2) is 16.3. The number of phenolic OH excluding ortho intramolecular Hbond substituents is 1. The molecule has 0 aromatic heterocycles. The number of phenols is 1. The summed E-state index contributed by atoms with van der Waals surface area (Å²) in [5, 5.41) is 10.5. The monoisotopic (exact) mass is 624 g/mol. The van der Waals surface area contributed by atoms with Crippen LogP contribution >= 0.6 is 95.9 Å². The molecule has 0 saturated heterocycles. The lowest BCUT2D eigenvalue weighted by Crippen LogP contribution is -2.42. The van der Waals surface area contributed by atoms with E-state index >= 15 is 0 Å². The summed E-state index contributed by atoms with van der Waals surface area (Å²) in [5.74, 6) is 0.916. The van der Waals surface area contributed by atoms with Gasteiger partial charge >= 0.3 is 0 Å². The van der Waals surface area contributed by atoms with E-state index in [2.05, 4.69) is 13.2 Å². The van der Waals surface area contributed by atoms with Gasteiger partial charge < -0.3 is 32.8 Å². The van der Waals surface area contributed by atoms with Crippen LogP contribution in [0.25, 0.3) is 0 Å². The fourth-order valence-corrected chi connectivity index (χ4v) is 7.41. The minimum absolute atomic E-state index is 0.185. The molecule has 9 N–H and O–H groups in total. The van der Waals surface area contributed by atoms with Crippen molar-refractivity contribution in [1.29, 1.82) is 0 Å². The number of hydrogen-bond donors (Lipinski definition) is 5. The van der Waals surface area contributed by atoms with E-state index < -0.39 is 10.4 Å². The highest BCUT2D eigenvalue weighted by molar-refractivity contribution is 8.26. The second-order valence-corrected chi connectivity index (χ2v) is 14.4. The molecule has 0 aliphatic heterocycles. The maximum atomic E-state index is 10.5. The summed E-state index contributed by atoms with van der Waals surface area (Å²) >= 11 is 25.4. The van der Waals surface area contributed by atoms with Gasteiger partial charge in [0.25, 0.3) is 0 Å². The highest BCUT2D eigenvalue weighted by Gasteiger charge is 2.38. The molecule has 0 spiro atoms. The van der Waals surface area contributed by atoms with E-state index in [0.29, 0.717) is 30.8 Å². The molecule has 0 amide bonds. The third-order valence-corrected chi connectivity index (χ3v) is 9.34. The average Bonchev–Trinajstić information content (AvgIpc) is 2.74. The summed E-state index contributed by atoms with van der Waals surface area (Å²) in [6.07, 6.45) is 4.91. The molecule has 0 radical (unpaired) electrons. The summed E-state index contributed by atoms with van der Waals surface area (Å²) in [7, 11) is 0. The van der Waals surface area contributed by atoms with Crippen LogP contribution in [0.5, 0.6) is 5.75 Å². The Morgan fingerprint density at radius 1 is 0.943 bits per heavy atom. The fourth-order valence-electron chi connectivity index (χ4n) is 3.15. The van der Waals surface area contributed by atoms with Gasteiger partial charge in [0.05, 0.1) is 0 Å². The lowest BCUT2D eigenvalue weighted by Gasteiger charge is -2.36. The van der Waals surface area contributed by atoms with Gasteiger partial charge in [-0.3, -0.25) is 0 Å². The molecular weight excluding hydrogens is 597 g/mol. The first-order valence-corrected chi connectivity index (χ1v) is 15.2. The number of rotatable bonds is 14. The van der Waals surface area contributed by atoms with Crippen molar-refractivity contribution in [3.05, 3.63) is 54.1 Å². The van der Waals surface area contributed by atoms with Gasteiger partial charge in [-0.15, -0.1) is 13.2 Å².